The Labute approximate surface area is 102 Å². The Morgan fingerprint density at radius 1 is 0.692 bits per heavy atom. The van der Waals surface area contributed by atoms with Gasteiger partial charge in [0.2, 0.25) is 0 Å². The molecule has 76 valence electrons. The van der Waals surface area contributed by atoms with Gasteiger partial charge in [0.15, 0.2) is 0 Å². The van der Waals surface area contributed by atoms with Gasteiger partial charge in [-0.1, -0.05) is 52.4 Å². The molecule has 0 unspecified atom stereocenters. The van der Waals surface area contributed by atoms with Crippen LogP contribution < -0.4 is 0 Å². The Morgan fingerprint density at radius 3 is 0.769 bits per heavy atom. The topological polar surface area (TPSA) is 0 Å². The maximum atomic E-state index is 3.76. The van der Waals surface area contributed by atoms with Gasteiger partial charge < -0.3 is 13.8 Å². The second-order valence-electron chi connectivity index (χ2n) is 5.62. The molecule has 0 N–H and O–H groups in total. The summed E-state index contributed by atoms with van der Waals surface area (Å²) in [5.74, 6) is 0. The van der Waals surface area contributed by atoms with Crippen molar-refractivity contribution in [3.8, 4) is 0 Å². The van der Waals surface area contributed by atoms with E-state index >= 15 is 0 Å². The standard InChI is InChI=1S/2C6H13.Mg/c2*1-5-6(2,3)4;/h2*1,5H2,2-4H3;/q2*-1;+2. The summed E-state index contributed by atoms with van der Waals surface area (Å²) >= 11 is 0. The van der Waals surface area contributed by atoms with E-state index < -0.39 is 0 Å². The van der Waals surface area contributed by atoms with E-state index in [2.05, 4.69) is 55.4 Å². The molecule has 0 rings (SSSR count). The van der Waals surface area contributed by atoms with E-state index in [-0.39, 0.29) is 23.1 Å². The smallest absolute Gasteiger partial charge is 0.343 e. The van der Waals surface area contributed by atoms with Crippen molar-refractivity contribution in [1.82, 2.24) is 0 Å². The fourth-order valence-electron chi connectivity index (χ4n) is 0. The van der Waals surface area contributed by atoms with Crippen molar-refractivity contribution >= 4 is 23.1 Å². The van der Waals surface area contributed by atoms with Crippen LogP contribution in [-0.4, -0.2) is 23.1 Å². The maximum Gasteiger partial charge on any atom is 2.00 e. The van der Waals surface area contributed by atoms with Gasteiger partial charge in [-0.25, -0.2) is 0 Å². The van der Waals surface area contributed by atoms with E-state index in [1.807, 2.05) is 0 Å². The van der Waals surface area contributed by atoms with Gasteiger partial charge in [-0.2, -0.15) is 12.8 Å². The molecule has 0 aliphatic rings. The molecule has 0 aromatic heterocycles. The van der Waals surface area contributed by atoms with Crippen LogP contribution in [0.15, 0.2) is 0 Å². The molecule has 0 aromatic rings. The van der Waals surface area contributed by atoms with Crippen LogP contribution in [0.25, 0.3) is 0 Å². The summed E-state index contributed by atoms with van der Waals surface area (Å²) in [5.41, 5.74) is 0.861. The molecule has 0 fully saturated rings. The first-order chi connectivity index (χ1) is 5.12. The SMILES string of the molecule is [CH2-]CC(C)(C)C.[CH2-]CC(C)(C)C.[Mg+2]. The molecule has 0 radical (unpaired) electrons. The molecule has 0 nitrogen and oxygen atoms in total. The summed E-state index contributed by atoms with van der Waals surface area (Å²) in [4.78, 5) is 0. The second-order valence-corrected chi connectivity index (χ2v) is 5.62. The molecule has 0 aliphatic heterocycles. The Bertz CT molecular complexity index is 78.7. The van der Waals surface area contributed by atoms with Gasteiger partial charge in [0.05, 0.1) is 0 Å². The van der Waals surface area contributed by atoms with Crippen molar-refractivity contribution < 1.29 is 0 Å². The molecule has 1 heteroatoms. The monoisotopic (exact) mass is 194 g/mol. The van der Waals surface area contributed by atoms with E-state index in [4.69, 9.17) is 0 Å². The van der Waals surface area contributed by atoms with E-state index in [0.717, 1.165) is 12.8 Å². The Hall–Kier alpha value is 0.766. The Morgan fingerprint density at radius 2 is 0.769 bits per heavy atom. The molecule has 0 heterocycles. The van der Waals surface area contributed by atoms with E-state index in [1.54, 1.807) is 0 Å². The third kappa shape index (κ3) is 32.3. The normalized spacial score (nSPS) is 11.1. The number of rotatable bonds is 0. The quantitative estimate of drug-likeness (QED) is 0.402. The molecule has 0 amide bonds. The first-order valence-corrected chi connectivity index (χ1v) is 4.71. The van der Waals surface area contributed by atoms with Crippen molar-refractivity contribution in [2.75, 3.05) is 0 Å². The second kappa shape index (κ2) is 8.11. The van der Waals surface area contributed by atoms with Crippen LogP contribution in [0.5, 0.6) is 0 Å². The number of hydrogen-bond donors (Lipinski definition) is 0. The molecule has 0 saturated carbocycles. The van der Waals surface area contributed by atoms with Gasteiger partial charge in [-0.05, 0) is 0 Å². The molecule has 0 saturated heterocycles. The predicted octanol–water partition coefficient (Wildman–Crippen LogP) is 4.13. The Balaban J connectivity index is -0.000000143. The summed E-state index contributed by atoms with van der Waals surface area (Å²) in [7, 11) is 0. The third-order valence-electron chi connectivity index (χ3n) is 1.50. The summed E-state index contributed by atoms with van der Waals surface area (Å²) in [5, 5.41) is 0. The maximum absolute atomic E-state index is 3.76. The third-order valence-corrected chi connectivity index (χ3v) is 1.50. The molecule has 0 bridgehead atoms. The van der Waals surface area contributed by atoms with Crippen LogP contribution in [0.1, 0.15) is 54.4 Å². The van der Waals surface area contributed by atoms with Crippen LogP contribution in [-0.2, 0) is 0 Å². The summed E-state index contributed by atoms with van der Waals surface area (Å²) in [6, 6.07) is 0. The largest absolute Gasteiger partial charge is 2.00 e. The minimum atomic E-state index is 0. The zero-order valence-corrected chi connectivity index (χ0v) is 11.9. The molecular formula is C12H26Mg. The van der Waals surface area contributed by atoms with Crippen LogP contribution >= 0.6 is 0 Å². The van der Waals surface area contributed by atoms with E-state index in [1.165, 1.54) is 0 Å². The molecular weight excluding hydrogens is 168 g/mol. The van der Waals surface area contributed by atoms with Crippen LogP contribution in [0.2, 0.25) is 0 Å². The van der Waals surface area contributed by atoms with Crippen molar-refractivity contribution in [3.63, 3.8) is 0 Å². The Kier molecular flexibility index (Phi) is 12.1. The minimum Gasteiger partial charge on any atom is -0.343 e. The zero-order chi connectivity index (χ0) is 10.4. The fourth-order valence-corrected chi connectivity index (χ4v) is 0. The van der Waals surface area contributed by atoms with E-state index in [0.29, 0.717) is 10.8 Å². The number of hydrogen-bond acceptors (Lipinski definition) is 0. The van der Waals surface area contributed by atoms with Crippen molar-refractivity contribution in [2.45, 2.75) is 54.4 Å². The average Bonchev–Trinajstić information content (AvgIpc) is 1.86. The fraction of sp³-hybridized carbons (Fsp3) is 0.833. The zero-order valence-electron chi connectivity index (χ0n) is 10.5. The van der Waals surface area contributed by atoms with Crippen molar-refractivity contribution in [2.24, 2.45) is 10.8 Å². The molecule has 13 heavy (non-hydrogen) atoms. The van der Waals surface area contributed by atoms with Crippen LogP contribution in [0.3, 0.4) is 0 Å². The van der Waals surface area contributed by atoms with Gasteiger partial charge in [-0.3, -0.25) is 0 Å². The first-order valence-electron chi connectivity index (χ1n) is 4.71. The van der Waals surface area contributed by atoms with Gasteiger partial charge >= 0.3 is 23.1 Å². The summed E-state index contributed by atoms with van der Waals surface area (Å²) in [6.45, 7) is 20.6. The van der Waals surface area contributed by atoms with Gasteiger partial charge in [0.25, 0.3) is 0 Å². The summed E-state index contributed by atoms with van der Waals surface area (Å²) in [6.07, 6.45) is 2.04. The van der Waals surface area contributed by atoms with Crippen LogP contribution in [0, 0.1) is 24.7 Å². The van der Waals surface area contributed by atoms with Gasteiger partial charge in [-0.15, -0.1) is 0 Å². The van der Waals surface area contributed by atoms with Crippen molar-refractivity contribution in [1.29, 1.82) is 0 Å². The average molecular weight is 195 g/mol. The van der Waals surface area contributed by atoms with Crippen LogP contribution in [0.4, 0.5) is 0 Å². The minimum absolute atomic E-state index is 0. The van der Waals surface area contributed by atoms with Gasteiger partial charge in [0, 0.05) is 0 Å². The molecule has 0 atom stereocenters. The first kappa shape index (κ1) is 19.4. The summed E-state index contributed by atoms with van der Waals surface area (Å²) < 4.78 is 0. The molecule has 0 aliphatic carbocycles. The van der Waals surface area contributed by atoms with E-state index in [9.17, 15) is 0 Å². The predicted molar refractivity (Wildman–Crippen MR) is 64.6 cm³/mol. The van der Waals surface area contributed by atoms with Crippen molar-refractivity contribution in [3.05, 3.63) is 13.8 Å². The van der Waals surface area contributed by atoms with Gasteiger partial charge in [0.1, 0.15) is 0 Å². The molecule has 0 spiro atoms. The molecule has 0 aromatic carbocycles.